The van der Waals surface area contributed by atoms with Crippen molar-refractivity contribution < 1.29 is 22.7 Å². The number of rotatable bonds is 13. The maximum atomic E-state index is 14.2. The van der Waals surface area contributed by atoms with Gasteiger partial charge in [0, 0.05) is 13.1 Å². The molecule has 1 atom stereocenters. The fraction of sp³-hybridized carbons (Fsp3) is 0.355. The molecule has 42 heavy (non-hydrogen) atoms. The first kappa shape index (κ1) is 33.2. The quantitative estimate of drug-likeness (QED) is 0.246. The summed E-state index contributed by atoms with van der Waals surface area (Å²) in [4.78, 5) is 28.9. The Kier molecular flexibility index (Phi) is 11.7. The van der Waals surface area contributed by atoms with E-state index in [0.717, 1.165) is 15.4 Å². The van der Waals surface area contributed by atoms with Crippen molar-refractivity contribution in [2.24, 2.45) is 5.92 Å². The zero-order chi connectivity index (χ0) is 31.0. The third-order valence-electron chi connectivity index (χ3n) is 6.67. The predicted molar refractivity (Wildman–Crippen MR) is 168 cm³/mol. The van der Waals surface area contributed by atoms with Crippen molar-refractivity contribution >= 4 is 50.7 Å². The number of amides is 2. The Balaban J connectivity index is 2.08. The molecule has 3 rings (SSSR count). The van der Waals surface area contributed by atoms with Gasteiger partial charge in [0.25, 0.3) is 10.0 Å². The summed E-state index contributed by atoms with van der Waals surface area (Å²) >= 11 is 12.8. The summed E-state index contributed by atoms with van der Waals surface area (Å²) in [7, 11) is -2.71. The maximum absolute atomic E-state index is 14.2. The molecule has 0 saturated carbocycles. The first-order chi connectivity index (χ1) is 19.9. The number of nitrogens with zero attached hydrogens (tertiary/aromatic N) is 2. The molecule has 0 aliphatic heterocycles. The topological polar surface area (TPSA) is 96.0 Å². The van der Waals surface area contributed by atoms with Gasteiger partial charge in [0.05, 0.1) is 27.7 Å². The number of hydrogen-bond donors (Lipinski definition) is 1. The molecular weight excluding hydrogens is 597 g/mol. The molecule has 11 heteroatoms. The number of nitrogens with one attached hydrogen (secondary N) is 1. The van der Waals surface area contributed by atoms with Gasteiger partial charge < -0.3 is 15.0 Å². The van der Waals surface area contributed by atoms with Crippen LogP contribution in [0.25, 0.3) is 0 Å². The molecule has 1 N–H and O–H groups in total. The van der Waals surface area contributed by atoms with E-state index in [1.165, 1.54) is 29.2 Å². The normalized spacial score (nSPS) is 12.1. The summed E-state index contributed by atoms with van der Waals surface area (Å²) in [6, 6.07) is 17.2. The van der Waals surface area contributed by atoms with Crippen LogP contribution in [-0.4, -0.2) is 51.4 Å². The van der Waals surface area contributed by atoms with Crippen molar-refractivity contribution in [3.05, 3.63) is 87.9 Å². The van der Waals surface area contributed by atoms with Crippen LogP contribution in [0.5, 0.6) is 5.75 Å². The molecule has 0 aliphatic rings. The van der Waals surface area contributed by atoms with Crippen LogP contribution >= 0.6 is 23.2 Å². The maximum Gasteiger partial charge on any atom is 0.264 e. The van der Waals surface area contributed by atoms with Gasteiger partial charge in [-0.1, -0.05) is 79.9 Å². The van der Waals surface area contributed by atoms with E-state index in [-0.39, 0.29) is 39.0 Å². The molecule has 0 radical (unpaired) electrons. The minimum Gasteiger partial charge on any atom is -0.497 e. The largest absolute Gasteiger partial charge is 0.497 e. The fourth-order valence-electron chi connectivity index (χ4n) is 4.31. The molecule has 0 bridgehead atoms. The lowest BCUT2D eigenvalue weighted by atomic mass is 10.1. The van der Waals surface area contributed by atoms with Gasteiger partial charge >= 0.3 is 0 Å². The summed E-state index contributed by atoms with van der Waals surface area (Å²) in [6.07, 6.45) is 0.314. The van der Waals surface area contributed by atoms with E-state index in [1.807, 2.05) is 27.7 Å². The lowest BCUT2D eigenvalue weighted by molar-refractivity contribution is -0.140. The second kappa shape index (κ2) is 14.8. The Morgan fingerprint density at radius 3 is 2.19 bits per heavy atom. The van der Waals surface area contributed by atoms with Gasteiger partial charge in [0.2, 0.25) is 11.8 Å². The molecule has 1 unspecified atom stereocenters. The highest BCUT2D eigenvalue weighted by Gasteiger charge is 2.34. The van der Waals surface area contributed by atoms with E-state index in [0.29, 0.717) is 18.7 Å². The monoisotopic (exact) mass is 633 g/mol. The Bertz CT molecular complexity index is 1480. The number of anilines is 1. The number of sulfonamides is 1. The van der Waals surface area contributed by atoms with Crippen molar-refractivity contribution in [2.45, 2.75) is 51.6 Å². The number of carbonyl (C=O) groups excluding carboxylic acids is 2. The van der Waals surface area contributed by atoms with Crippen LogP contribution in [0.1, 0.15) is 38.3 Å². The van der Waals surface area contributed by atoms with Crippen LogP contribution in [-0.2, 0) is 26.2 Å². The zero-order valence-corrected chi connectivity index (χ0v) is 26.8. The number of halogens is 2. The number of benzene rings is 3. The van der Waals surface area contributed by atoms with Gasteiger partial charge in [-0.15, -0.1) is 0 Å². The second-order valence-corrected chi connectivity index (χ2v) is 13.0. The van der Waals surface area contributed by atoms with Crippen molar-refractivity contribution in [1.29, 1.82) is 0 Å². The van der Waals surface area contributed by atoms with Crippen molar-refractivity contribution in [1.82, 2.24) is 10.2 Å². The third kappa shape index (κ3) is 8.18. The highest BCUT2D eigenvalue weighted by molar-refractivity contribution is 7.92. The van der Waals surface area contributed by atoms with E-state index in [1.54, 1.807) is 49.6 Å². The smallest absolute Gasteiger partial charge is 0.264 e. The average Bonchev–Trinajstić information content (AvgIpc) is 2.96. The summed E-state index contributed by atoms with van der Waals surface area (Å²) in [6.45, 7) is 7.50. The van der Waals surface area contributed by atoms with Crippen molar-refractivity contribution in [3.63, 3.8) is 0 Å². The van der Waals surface area contributed by atoms with E-state index in [2.05, 4.69) is 5.32 Å². The molecule has 8 nitrogen and oxygen atoms in total. The summed E-state index contributed by atoms with van der Waals surface area (Å²) in [5.74, 6) is -0.0486. The Morgan fingerprint density at radius 2 is 1.62 bits per heavy atom. The molecule has 0 fully saturated rings. The average molecular weight is 635 g/mol. The van der Waals surface area contributed by atoms with Gasteiger partial charge in [0.1, 0.15) is 18.3 Å². The van der Waals surface area contributed by atoms with Gasteiger partial charge in [-0.05, 0) is 61.2 Å². The highest BCUT2D eigenvalue weighted by atomic mass is 35.5. The van der Waals surface area contributed by atoms with Gasteiger partial charge in [0.15, 0.2) is 0 Å². The summed E-state index contributed by atoms with van der Waals surface area (Å²) in [5, 5.41) is 3.04. The Labute approximate surface area is 258 Å². The zero-order valence-electron chi connectivity index (χ0n) is 24.4. The Morgan fingerprint density at radius 1 is 0.976 bits per heavy atom. The second-order valence-electron chi connectivity index (χ2n) is 10.3. The molecular formula is C31H37Cl2N3O5S. The molecule has 226 valence electrons. The summed E-state index contributed by atoms with van der Waals surface area (Å²) in [5.41, 5.74) is 1.68. The molecule has 2 amide bonds. The number of hydrogen-bond acceptors (Lipinski definition) is 5. The number of methoxy groups -OCH3 is 1. The van der Waals surface area contributed by atoms with Crippen LogP contribution < -0.4 is 14.4 Å². The first-order valence-corrected chi connectivity index (χ1v) is 15.8. The lowest BCUT2D eigenvalue weighted by Gasteiger charge is -2.33. The predicted octanol–water partition coefficient (Wildman–Crippen LogP) is 6.09. The van der Waals surface area contributed by atoms with Gasteiger partial charge in [-0.2, -0.15) is 0 Å². The van der Waals surface area contributed by atoms with Crippen LogP contribution in [0.3, 0.4) is 0 Å². The van der Waals surface area contributed by atoms with Gasteiger partial charge in [-0.25, -0.2) is 8.42 Å². The molecule has 0 spiro atoms. The third-order valence-corrected chi connectivity index (χ3v) is 9.25. The number of carbonyl (C=O) groups is 2. The standard InChI is InChI=1S/C31H37Cl2N3O5S/c1-6-27(31(38)34-18-21(2)3)35(19-23-12-14-24(41-5)15-13-23)29(37)20-36(28-9-7-8-26(32)30(28)33)42(39,40)25-16-10-22(4)11-17-25/h7-17,21,27H,6,18-20H2,1-5H3,(H,34,38). The van der Waals surface area contributed by atoms with Crippen LogP contribution in [0.2, 0.25) is 10.0 Å². The molecule has 0 heterocycles. The molecule has 0 saturated heterocycles. The lowest BCUT2D eigenvalue weighted by Crippen LogP contribution is -2.52. The Hall–Kier alpha value is -3.27. The minimum absolute atomic E-state index is 0.00826. The van der Waals surface area contributed by atoms with Crippen LogP contribution in [0, 0.1) is 12.8 Å². The van der Waals surface area contributed by atoms with Gasteiger partial charge in [-0.3, -0.25) is 13.9 Å². The van der Waals surface area contributed by atoms with Crippen LogP contribution in [0.4, 0.5) is 5.69 Å². The summed E-state index contributed by atoms with van der Waals surface area (Å²) < 4.78 is 34.2. The molecule has 3 aromatic carbocycles. The van der Waals surface area contributed by atoms with Crippen molar-refractivity contribution in [2.75, 3.05) is 24.5 Å². The molecule has 0 aliphatic carbocycles. The minimum atomic E-state index is -4.27. The highest BCUT2D eigenvalue weighted by Crippen LogP contribution is 2.35. The number of aryl methyl sites for hydroxylation is 1. The number of ether oxygens (including phenoxy) is 1. The van der Waals surface area contributed by atoms with E-state index < -0.39 is 28.5 Å². The fourth-order valence-corrected chi connectivity index (χ4v) is 6.18. The van der Waals surface area contributed by atoms with E-state index in [4.69, 9.17) is 27.9 Å². The first-order valence-electron chi connectivity index (χ1n) is 13.6. The molecule has 3 aromatic rings. The SMILES string of the molecule is CCC(C(=O)NCC(C)C)N(Cc1ccc(OC)cc1)C(=O)CN(c1cccc(Cl)c1Cl)S(=O)(=O)c1ccc(C)cc1. The van der Waals surface area contributed by atoms with E-state index in [9.17, 15) is 18.0 Å². The van der Waals surface area contributed by atoms with Crippen LogP contribution in [0.15, 0.2) is 71.6 Å². The molecule has 0 aromatic heterocycles. The van der Waals surface area contributed by atoms with Crippen molar-refractivity contribution in [3.8, 4) is 5.75 Å². The van der Waals surface area contributed by atoms with E-state index >= 15 is 0 Å².